The van der Waals surface area contributed by atoms with E-state index in [0.29, 0.717) is 24.8 Å². The van der Waals surface area contributed by atoms with Crippen molar-refractivity contribution in [1.29, 1.82) is 0 Å². The molecule has 0 unspecified atom stereocenters. The highest BCUT2D eigenvalue weighted by molar-refractivity contribution is 6.02. The van der Waals surface area contributed by atoms with Crippen molar-refractivity contribution in [3.63, 3.8) is 0 Å². The molecule has 0 bridgehead atoms. The van der Waals surface area contributed by atoms with E-state index < -0.39 is 11.5 Å². The Morgan fingerprint density at radius 3 is 2.50 bits per heavy atom. The van der Waals surface area contributed by atoms with E-state index >= 15 is 0 Å². The molecule has 0 aromatic rings. The lowest BCUT2D eigenvalue weighted by molar-refractivity contribution is -0.141. The van der Waals surface area contributed by atoms with Crippen molar-refractivity contribution >= 4 is 11.8 Å². The van der Waals surface area contributed by atoms with Crippen LogP contribution in [0.2, 0.25) is 0 Å². The Hall–Kier alpha value is -2.14. The molecule has 32 heavy (non-hydrogen) atoms. The first-order chi connectivity index (χ1) is 15.0. The quantitative estimate of drug-likeness (QED) is 0.427. The summed E-state index contributed by atoms with van der Waals surface area (Å²) in [6.07, 6.45) is 10.3. The first kappa shape index (κ1) is 26.1. The van der Waals surface area contributed by atoms with Crippen LogP contribution >= 0.6 is 0 Å². The van der Waals surface area contributed by atoms with Gasteiger partial charge in [0.05, 0.1) is 12.7 Å². The van der Waals surface area contributed by atoms with Crippen molar-refractivity contribution in [2.24, 2.45) is 17.3 Å². The number of allylic oxidation sites excluding steroid dienone is 6. The number of ether oxygens (including phenoxy) is 1. The molecular weight excluding hydrogens is 404 g/mol. The highest BCUT2D eigenvalue weighted by atomic mass is 16.5. The van der Waals surface area contributed by atoms with E-state index in [1.54, 1.807) is 0 Å². The van der Waals surface area contributed by atoms with Crippen LogP contribution < -0.4 is 0 Å². The van der Waals surface area contributed by atoms with Gasteiger partial charge in [-0.1, -0.05) is 43.2 Å². The zero-order valence-electron chi connectivity index (χ0n) is 20.5. The van der Waals surface area contributed by atoms with E-state index in [1.807, 2.05) is 26.8 Å². The maximum Gasteiger partial charge on any atom is 0.302 e. The fourth-order valence-corrected chi connectivity index (χ4v) is 4.77. The van der Waals surface area contributed by atoms with Crippen molar-refractivity contribution in [2.45, 2.75) is 86.2 Å². The summed E-state index contributed by atoms with van der Waals surface area (Å²) in [5.41, 5.74) is 3.27. The van der Waals surface area contributed by atoms with Gasteiger partial charge in [0.15, 0.2) is 5.76 Å². The zero-order valence-corrected chi connectivity index (χ0v) is 20.5. The minimum atomic E-state index is -0.779. The lowest BCUT2D eigenvalue weighted by Crippen LogP contribution is -2.32. The molecule has 2 rings (SSSR count). The monoisotopic (exact) mass is 444 g/mol. The van der Waals surface area contributed by atoms with Gasteiger partial charge in [-0.25, -0.2) is 0 Å². The van der Waals surface area contributed by atoms with E-state index in [1.165, 1.54) is 18.1 Å². The molecule has 0 saturated heterocycles. The second-order valence-electron chi connectivity index (χ2n) is 9.89. The molecule has 2 N–H and O–H groups in total. The van der Waals surface area contributed by atoms with Crippen molar-refractivity contribution in [3.05, 3.63) is 46.3 Å². The van der Waals surface area contributed by atoms with Gasteiger partial charge in [0.1, 0.15) is 0 Å². The van der Waals surface area contributed by atoms with Crippen molar-refractivity contribution in [1.82, 2.24) is 0 Å². The second-order valence-corrected chi connectivity index (χ2v) is 9.89. The summed E-state index contributed by atoms with van der Waals surface area (Å²) in [6, 6.07) is 0. The molecule has 0 radical (unpaired) electrons. The fourth-order valence-electron chi connectivity index (χ4n) is 4.77. The number of rotatable bonds is 3. The first-order valence-corrected chi connectivity index (χ1v) is 11.7. The Kier molecular flexibility index (Phi) is 9.08. The number of Topliss-reactive ketones (excluding diaryl/α,β-unsaturated/α-hetero) is 1. The summed E-state index contributed by atoms with van der Waals surface area (Å²) in [5, 5.41) is 21.5. The van der Waals surface area contributed by atoms with Crippen molar-refractivity contribution in [3.8, 4) is 0 Å². The van der Waals surface area contributed by atoms with Crippen LogP contribution in [0.3, 0.4) is 0 Å². The molecule has 5 heteroatoms. The third kappa shape index (κ3) is 6.22. The molecule has 0 fully saturated rings. The molecule has 2 aliphatic carbocycles. The SMILES string of the molecule is CC(=O)OC[C@@H](C)C1=C(O)C(=O)[C@]2(C)C/C=C(\C)CC/C=C(/C)CC[C@@H](O)/C(C)=C/C[C@@H]12. The molecule has 0 aromatic carbocycles. The molecule has 0 amide bonds. The van der Waals surface area contributed by atoms with Crippen LogP contribution in [0.15, 0.2) is 46.3 Å². The Labute approximate surface area is 192 Å². The molecule has 0 spiro atoms. The summed E-state index contributed by atoms with van der Waals surface area (Å²) in [5.74, 6) is -1.31. The Morgan fingerprint density at radius 2 is 1.84 bits per heavy atom. The first-order valence-electron chi connectivity index (χ1n) is 11.7. The number of carbonyl (C=O) groups excluding carboxylic acids is 2. The van der Waals surface area contributed by atoms with E-state index in [2.05, 4.69) is 26.0 Å². The molecule has 2 aliphatic rings. The zero-order chi connectivity index (χ0) is 24.1. The predicted octanol–water partition coefficient (Wildman–Crippen LogP) is 5.76. The molecule has 178 valence electrons. The average Bonchev–Trinajstić information content (AvgIpc) is 2.92. The van der Waals surface area contributed by atoms with E-state index in [-0.39, 0.29) is 36.0 Å². The second kappa shape index (κ2) is 11.1. The van der Waals surface area contributed by atoms with Gasteiger partial charge in [0.2, 0.25) is 5.78 Å². The highest BCUT2D eigenvalue weighted by Crippen LogP contribution is 2.50. The Balaban J connectivity index is 2.45. The number of ketones is 1. The minimum Gasteiger partial charge on any atom is -0.504 e. The minimum absolute atomic E-state index is 0.125. The maximum atomic E-state index is 13.3. The number of hydrogen-bond acceptors (Lipinski definition) is 5. The van der Waals surface area contributed by atoms with Gasteiger partial charge in [-0.15, -0.1) is 0 Å². The molecule has 5 nitrogen and oxygen atoms in total. The molecule has 4 atom stereocenters. The van der Waals surface area contributed by atoms with Crippen LogP contribution in [0.1, 0.15) is 80.1 Å². The largest absolute Gasteiger partial charge is 0.504 e. The van der Waals surface area contributed by atoms with Crippen LogP contribution in [0, 0.1) is 17.3 Å². The van der Waals surface area contributed by atoms with Gasteiger partial charge in [-0.05, 0) is 70.4 Å². The highest BCUT2D eigenvalue weighted by Gasteiger charge is 2.51. The van der Waals surface area contributed by atoms with Crippen LogP contribution in [-0.2, 0) is 14.3 Å². The van der Waals surface area contributed by atoms with Gasteiger partial charge in [-0.3, -0.25) is 9.59 Å². The lowest BCUT2D eigenvalue weighted by atomic mass is 9.70. The average molecular weight is 445 g/mol. The number of hydrogen-bond donors (Lipinski definition) is 2. The van der Waals surface area contributed by atoms with Gasteiger partial charge < -0.3 is 14.9 Å². The van der Waals surface area contributed by atoms with Gasteiger partial charge in [0, 0.05) is 24.2 Å². The summed E-state index contributed by atoms with van der Waals surface area (Å²) < 4.78 is 5.19. The van der Waals surface area contributed by atoms with E-state index in [0.717, 1.165) is 24.8 Å². The van der Waals surface area contributed by atoms with Crippen LogP contribution in [0.4, 0.5) is 0 Å². The van der Waals surface area contributed by atoms with E-state index in [9.17, 15) is 19.8 Å². The molecule has 0 aromatic heterocycles. The summed E-state index contributed by atoms with van der Waals surface area (Å²) in [6.45, 7) is 11.4. The molecule has 0 aliphatic heterocycles. The fraction of sp³-hybridized carbons (Fsp3) is 0.630. The Bertz CT molecular complexity index is 844. The number of fused-ring (bicyclic) bond motifs is 1. The third-order valence-electron chi connectivity index (χ3n) is 7.14. The van der Waals surface area contributed by atoms with Gasteiger partial charge >= 0.3 is 5.97 Å². The van der Waals surface area contributed by atoms with Crippen LogP contribution in [0.5, 0.6) is 0 Å². The Morgan fingerprint density at radius 1 is 1.19 bits per heavy atom. The smallest absolute Gasteiger partial charge is 0.302 e. The molecular formula is C27H40O5. The van der Waals surface area contributed by atoms with Crippen LogP contribution in [-0.4, -0.2) is 34.7 Å². The number of esters is 1. The number of aliphatic hydroxyl groups excluding tert-OH is 2. The van der Waals surface area contributed by atoms with Crippen molar-refractivity contribution in [2.75, 3.05) is 6.61 Å². The summed E-state index contributed by atoms with van der Waals surface area (Å²) in [7, 11) is 0. The number of carbonyl (C=O) groups is 2. The lowest BCUT2D eigenvalue weighted by Gasteiger charge is -2.32. The summed E-state index contributed by atoms with van der Waals surface area (Å²) >= 11 is 0. The maximum absolute atomic E-state index is 13.3. The number of aliphatic hydroxyl groups is 2. The third-order valence-corrected chi connectivity index (χ3v) is 7.14. The van der Waals surface area contributed by atoms with Gasteiger partial charge in [0.25, 0.3) is 0 Å². The summed E-state index contributed by atoms with van der Waals surface area (Å²) in [4.78, 5) is 24.6. The predicted molar refractivity (Wildman–Crippen MR) is 127 cm³/mol. The van der Waals surface area contributed by atoms with Crippen molar-refractivity contribution < 1.29 is 24.5 Å². The van der Waals surface area contributed by atoms with E-state index in [4.69, 9.17) is 4.74 Å². The normalized spacial score (nSPS) is 34.1. The van der Waals surface area contributed by atoms with Gasteiger partial charge in [-0.2, -0.15) is 0 Å². The van der Waals surface area contributed by atoms with Crippen LogP contribution in [0.25, 0.3) is 0 Å². The standard InChI is InChI=1S/C27H40O5/c1-17-8-7-9-18(2)14-15-27(6)22(12-11-19(3)23(29)13-10-17)24(25(30)26(27)31)20(4)16-32-21(5)28/h8,11,14,20,22-23,29-30H,7,9-10,12-13,15-16H2,1-6H3/b17-8-,18-14+,19-11+/t20-,22+,23-,27-/m1/s1. The molecule has 0 heterocycles. The molecule has 0 saturated carbocycles. The topological polar surface area (TPSA) is 83.8 Å².